The summed E-state index contributed by atoms with van der Waals surface area (Å²) in [6.07, 6.45) is 3.97. The second-order valence-electron chi connectivity index (χ2n) is 5.89. The Labute approximate surface area is 130 Å². The average molecular weight is 299 g/mol. The second-order valence-corrected chi connectivity index (χ2v) is 5.89. The van der Waals surface area contributed by atoms with Gasteiger partial charge in [-0.3, -0.25) is 0 Å². The molecule has 0 saturated carbocycles. The van der Waals surface area contributed by atoms with Gasteiger partial charge in [0.2, 0.25) is 0 Å². The molecule has 0 atom stereocenters. The fraction of sp³-hybridized carbons (Fsp3) is 0.562. The molecule has 6 nitrogen and oxygen atoms in total. The summed E-state index contributed by atoms with van der Waals surface area (Å²) >= 11 is 0. The number of hydrogen-bond acceptors (Lipinski definition) is 4. The van der Waals surface area contributed by atoms with Gasteiger partial charge in [0.15, 0.2) is 0 Å². The van der Waals surface area contributed by atoms with Crippen molar-refractivity contribution < 1.29 is 4.79 Å². The Balaban J connectivity index is 1.66. The lowest BCUT2D eigenvalue weighted by Gasteiger charge is -2.37. The summed E-state index contributed by atoms with van der Waals surface area (Å²) in [7, 11) is 0. The molecule has 0 bridgehead atoms. The van der Waals surface area contributed by atoms with Crippen molar-refractivity contribution in [1.29, 1.82) is 5.26 Å². The first kappa shape index (κ1) is 14.6. The molecule has 1 aromatic rings. The van der Waals surface area contributed by atoms with Crippen LogP contribution in [0.25, 0.3) is 0 Å². The number of rotatable bonds is 1. The minimum absolute atomic E-state index is 0.162. The van der Waals surface area contributed by atoms with Crippen molar-refractivity contribution in [3.05, 3.63) is 23.4 Å². The van der Waals surface area contributed by atoms with Crippen LogP contribution >= 0.6 is 0 Å². The molecule has 0 radical (unpaired) electrons. The summed E-state index contributed by atoms with van der Waals surface area (Å²) in [5.41, 5.74) is 1.59. The van der Waals surface area contributed by atoms with E-state index in [0.717, 1.165) is 50.4 Å². The van der Waals surface area contributed by atoms with Gasteiger partial charge in [-0.1, -0.05) is 0 Å². The Kier molecular flexibility index (Phi) is 4.14. The van der Waals surface area contributed by atoms with Gasteiger partial charge in [0, 0.05) is 45.5 Å². The summed E-state index contributed by atoms with van der Waals surface area (Å²) in [6.45, 7) is 6.53. The molecule has 0 N–H and O–H groups in total. The van der Waals surface area contributed by atoms with Crippen molar-refractivity contribution in [3.63, 3.8) is 0 Å². The number of aryl methyl sites for hydroxylation is 1. The van der Waals surface area contributed by atoms with Crippen LogP contribution in [0.1, 0.15) is 24.0 Å². The molecule has 2 fully saturated rings. The zero-order valence-corrected chi connectivity index (χ0v) is 13.0. The van der Waals surface area contributed by atoms with Crippen molar-refractivity contribution in [1.82, 2.24) is 14.8 Å². The minimum atomic E-state index is 0.162. The highest BCUT2D eigenvalue weighted by molar-refractivity contribution is 5.75. The minimum Gasteiger partial charge on any atom is -0.352 e. The lowest BCUT2D eigenvalue weighted by atomic mass is 10.1. The van der Waals surface area contributed by atoms with Gasteiger partial charge < -0.3 is 14.7 Å². The fourth-order valence-corrected chi connectivity index (χ4v) is 3.14. The summed E-state index contributed by atoms with van der Waals surface area (Å²) in [5.74, 6) is 0.746. The Morgan fingerprint density at radius 1 is 1.14 bits per heavy atom. The molecule has 0 unspecified atom stereocenters. The van der Waals surface area contributed by atoms with Crippen LogP contribution in [0.4, 0.5) is 10.6 Å². The van der Waals surface area contributed by atoms with E-state index in [0.29, 0.717) is 18.7 Å². The zero-order valence-electron chi connectivity index (χ0n) is 13.0. The maximum atomic E-state index is 12.4. The zero-order chi connectivity index (χ0) is 15.5. The van der Waals surface area contributed by atoms with E-state index in [1.54, 1.807) is 6.20 Å². The first-order chi connectivity index (χ1) is 10.7. The summed E-state index contributed by atoms with van der Waals surface area (Å²) in [4.78, 5) is 22.7. The number of anilines is 1. The van der Waals surface area contributed by atoms with Crippen molar-refractivity contribution in [2.45, 2.75) is 19.8 Å². The second kappa shape index (κ2) is 6.22. The average Bonchev–Trinajstić information content (AvgIpc) is 3.08. The molecule has 1 aromatic heterocycles. The third-order valence-corrected chi connectivity index (χ3v) is 4.48. The first-order valence-electron chi connectivity index (χ1n) is 7.85. The van der Waals surface area contributed by atoms with Gasteiger partial charge in [0.25, 0.3) is 0 Å². The predicted molar refractivity (Wildman–Crippen MR) is 83.7 cm³/mol. The van der Waals surface area contributed by atoms with Crippen LogP contribution < -0.4 is 4.90 Å². The molecular weight excluding hydrogens is 278 g/mol. The Morgan fingerprint density at radius 2 is 1.77 bits per heavy atom. The van der Waals surface area contributed by atoms with Crippen LogP contribution in [0.3, 0.4) is 0 Å². The van der Waals surface area contributed by atoms with E-state index in [4.69, 9.17) is 0 Å². The van der Waals surface area contributed by atoms with Crippen molar-refractivity contribution in [2.75, 3.05) is 44.2 Å². The van der Waals surface area contributed by atoms with E-state index in [1.807, 2.05) is 22.8 Å². The topological polar surface area (TPSA) is 63.5 Å². The molecule has 0 spiro atoms. The van der Waals surface area contributed by atoms with E-state index in [1.165, 1.54) is 0 Å². The highest BCUT2D eigenvalue weighted by atomic mass is 16.2. The molecule has 116 valence electrons. The Hall–Kier alpha value is -2.29. The maximum Gasteiger partial charge on any atom is 0.320 e. The van der Waals surface area contributed by atoms with Gasteiger partial charge in [-0.2, -0.15) is 5.26 Å². The quantitative estimate of drug-likeness (QED) is 0.790. The van der Waals surface area contributed by atoms with Crippen LogP contribution in [-0.2, 0) is 0 Å². The number of nitrogens with zero attached hydrogens (tertiary/aromatic N) is 5. The van der Waals surface area contributed by atoms with Gasteiger partial charge in [0.1, 0.15) is 11.9 Å². The first-order valence-corrected chi connectivity index (χ1v) is 7.85. The number of amides is 2. The lowest BCUT2D eigenvalue weighted by molar-refractivity contribution is 0.159. The SMILES string of the molecule is Cc1ccnc(N2CCN(C(=O)N3CCCC3)CC2)c1C#N. The Bertz CT molecular complexity index is 595. The highest BCUT2D eigenvalue weighted by Crippen LogP contribution is 2.22. The molecule has 3 heterocycles. The predicted octanol–water partition coefficient (Wildman–Crippen LogP) is 1.60. The van der Waals surface area contributed by atoms with Crippen LogP contribution in [0.2, 0.25) is 0 Å². The van der Waals surface area contributed by atoms with Crippen molar-refractivity contribution in [2.24, 2.45) is 0 Å². The fourth-order valence-electron chi connectivity index (χ4n) is 3.14. The molecule has 2 saturated heterocycles. The highest BCUT2D eigenvalue weighted by Gasteiger charge is 2.28. The van der Waals surface area contributed by atoms with E-state index < -0.39 is 0 Å². The summed E-state index contributed by atoms with van der Waals surface area (Å²) in [5, 5.41) is 9.33. The molecule has 0 aliphatic carbocycles. The van der Waals surface area contributed by atoms with Crippen LogP contribution in [0.15, 0.2) is 12.3 Å². The number of aromatic nitrogens is 1. The Morgan fingerprint density at radius 3 is 2.41 bits per heavy atom. The van der Waals surface area contributed by atoms with Crippen LogP contribution in [0.5, 0.6) is 0 Å². The molecular formula is C16H21N5O. The van der Waals surface area contributed by atoms with Crippen LogP contribution in [0, 0.1) is 18.3 Å². The molecule has 3 rings (SSSR count). The van der Waals surface area contributed by atoms with Gasteiger partial charge in [-0.15, -0.1) is 0 Å². The van der Waals surface area contributed by atoms with Crippen molar-refractivity contribution in [3.8, 4) is 6.07 Å². The van der Waals surface area contributed by atoms with Gasteiger partial charge in [-0.25, -0.2) is 9.78 Å². The van der Waals surface area contributed by atoms with Gasteiger partial charge in [0.05, 0.1) is 5.56 Å². The summed E-state index contributed by atoms with van der Waals surface area (Å²) < 4.78 is 0. The van der Waals surface area contributed by atoms with Crippen molar-refractivity contribution >= 4 is 11.8 Å². The van der Waals surface area contributed by atoms with E-state index in [9.17, 15) is 10.1 Å². The number of pyridine rings is 1. The number of urea groups is 1. The molecule has 6 heteroatoms. The number of nitriles is 1. The molecule has 2 aliphatic rings. The molecule has 0 aromatic carbocycles. The van der Waals surface area contributed by atoms with Crippen LogP contribution in [-0.4, -0.2) is 60.1 Å². The summed E-state index contributed by atoms with van der Waals surface area (Å²) in [6, 6.07) is 4.27. The normalized spacial score (nSPS) is 18.5. The lowest BCUT2D eigenvalue weighted by Crippen LogP contribution is -2.52. The molecule has 2 amide bonds. The number of carbonyl (C=O) groups excluding carboxylic acids is 1. The van der Waals surface area contributed by atoms with E-state index >= 15 is 0 Å². The van der Waals surface area contributed by atoms with E-state index in [-0.39, 0.29) is 6.03 Å². The third-order valence-electron chi connectivity index (χ3n) is 4.48. The molecule has 22 heavy (non-hydrogen) atoms. The van der Waals surface area contributed by atoms with E-state index in [2.05, 4.69) is 16.0 Å². The smallest absolute Gasteiger partial charge is 0.320 e. The number of hydrogen-bond donors (Lipinski definition) is 0. The number of likely N-dealkylation sites (tertiary alicyclic amines) is 1. The standard InChI is InChI=1S/C16H21N5O/c1-13-4-5-18-15(14(13)12-17)19-8-10-21(11-9-19)16(22)20-6-2-3-7-20/h4-5H,2-3,6-11H2,1H3. The monoisotopic (exact) mass is 299 g/mol. The van der Waals surface area contributed by atoms with Gasteiger partial charge in [-0.05, 0) is 31.4 Å². The third kappa shape index (κ3) is 2.71. The maximum absolute atomic E-state index is 12.4. The largest absolute Gasteiger partial charge is 0.352 e. The number of carbonyl (C=O) groups is 1. The number of piperazine rings is 1. The molecule has 2 aliphatic heterocycles. The van der Waals surface area contributed by atoms with Gasteiger partial charge >= 0.3 is 6.03 Å².